The van der Waals surface area contributed by atoms with Gasteiger partial charge in [0.15, 0.2) is 5.69 Å². The molecule has 3 rings (SSSR count). The number of sulfonamides is 1. The third kappa shape index (κ3) is 6.11. The number of nitrogens with zero attached hydrogens (tertiary/aromatic N) is 1. The summed E-state index contributed by atoms with van der Waals surface area (Å²) in [5, 5.41) is 6.47. The Kier molecular flexibility index (Phi) is 7.72. The highest BCUT2D eigenvalue weighted by Gasteiger charge is 2.19. The summed E-state index contributed by atoms with van der Waals surface area (Å²) in [5.41, 5.74) is 0.795. The molecule has 0 atom stereocenters. The summed E-state index contributed by atoms with van der Waals surface area (Å²) in [7, 11) is -2.82. The molecule has 0 bridgehead atoms. The van der Waals surface area contributed by atoms with Crippen LogP contribution in [0, 0.1) is 0 Å². The highest BCUT2D eigenvalue weighted by molar-refractivity contribution is 7.92. The molecule has 11 heteroatoms. The minimum absolute atomic E-state index is 0.000456. The molecule has 0 aliphatic carbocycles. The van der Waals surface area contributed by atoms with E-state index in [4.69, 9.17) is 20.9 Å². The molecule has 0 spiro atoms. The van der Waals surface area contributed by atoms with Crippen LogP contribution in [0.3, 0.4) is 0 Å². The quantitative estimate of drug-likeness (QED) is 0.436. The van der Waals surface area contributed by atoms with Crippen LogP contribution in [0.25, 0.3) is 0 Å². The number of rotatable bonds is 9. The van der Waals surface area contributed by atoms with Crippen molar-refractivity contribution in [1.82, 2.24) is 10.5 Å². The minimum atomic E-state index is -4.03. The standard InChI is InChI=1S/C22H22ClN3O6S/c1-3-6-17-12-19(25-32-17)21(27)24-13-14-9-15(22(28)31-2)11-16(10-14)26-33(29,30)20-8-5-4-7-18(20)23/h4-5,7-12,26H,3,6,13H2,1-2H3,(H,24,27). The number of halogens is 1. The van der Waals surface area contributed by atoms with Crippen LogP contribution < -0.4 is 10.0 Å². The van der Waals surface area contributed by atoms with E-state index in [2.05, 4.69) is 15.2 Å². The van der Waals surface area contributed by atoms with Gasteiger partial charge < -0.3 is 14.6 Å². The predicted octanol–water partition coefficient (Wildman–Crippen LogP) is 3.80. The van der Waals surface area contributed by atoms with E-state index in [0.717, 1.165) is 6.42 Å². The van der Waals surface area contributed by atoms with Crippen LogP contribution in [0.2, 0.25) is 5.02 Å². The number of esters is 1. The third-order valence-corrected chi connectivity index (χ3v) is 6.41. The van der Waals surface area contributed by atoms with Gasteiger partial charge in [0.05, 0.1) is 23.4 Å². The molecule has 1 aromatic heterocycles. The second-order valence-electron chi connectivity index (χ2n) is 7.06. The molecule has 1 amide bonds. The Morgan fingerprint density at radius 3 is 2.61 bits per heavy atom. The average Bonchev–Trinajstić information content (AvgIpc) is 3.25. The van der Waals surface area contributed by atoms with Gasteiger partial charge in [0.1, 0.15) is 10.7 Å². The second kappa shape index (κ2) is 10.5. The van der Waals surface area contributed by atoms with Crippen LogP contribution in [-0.4, -0.2) is 32.6 Å². The van der Waals surface area contributed by atoms with Crippen molar-refractivity contribution < 1.29 is 27.3 Å². The van der Waals surface area contributed by atoms with Crippen molar-refractivity contribution in [3.8, 4) is 0 Å². The van der Waals surface area contributed by atoms with Gasteiger partial charge in [0.2, 0.25) is 0 Å². The van der Waals surface area contributed by atoms with Gasteiger partial charge in [0, 0.05) is 19.0 Å². The molecule has 2 aromatic carbocycles. The first-order valence-corrected chi connectivity index (χ1v) is 11.8. The lowest BCUT2D eigenvalue weighted by molar-refractivity contribution is 0.0600. The zero-order valence-electron chi connectivity index (χ0n) is 17.9. The number of methoxy groups -OCH3 is 1. The minimum Gasteiger partial charge on any atom is -0.465 e. The number of anilines is 1. The Balaban J connectivity index is 1.83. The molecule has 0 saturated carbocycles. The van der Waals surface area contributed by atoms with E-state index in [1.165, 1.54) is 37.4 Å². The molecule has 9 nitrogen and oxygen atoms in total. The normalized spacial score (nSPS) is 11.1. The van der Waals surface area contributed by atoms with Crippen molar-refractivity contribution in [2.75, 3.05) is 11.8 Å². The third-order valence-electron chi connectivity index (χ3n) is 4.53. The zero-order valence-corrected chi connectivity index (χ0v) is 19.5. The van der Waals surface area contributed by atoms with Gasteiger partial charge in [-0.2, -0.15) is 0 Å². The van der Waals surface area contributed by atoms with E-state index in [0.29, 0.717) is 17.7 Å². The number of carbonyl (C=O) groups is 2. The van der Waals surface area contributed by atoms with E-state index in [1.807, 2.05) is 6.92 Å². The largest absolute Gasteiger partial charge is 0.465 e. The summed E-state index contributed by atoms with van der Waals surface area (Å²) >= 11 is 6.02. The molecule has 0 unspecified atom stereocenters. The number of hydrogen-bond donors (Lipinski definition) is 2. The summed E-state index contributed by atoms with van der Waals surface area (Å²) in [4.78, 5) is 24.4. The zero-order chi connectivity index (χ0) is 24.0. The molecule has 3 aromatic rings. The first-order valence-electron chi connectivity index (χ1n) is 9.97. The maximum Gasteiger partial charge on any atom is 0.337 e. The molecular weight excluding hydrogens is 470 g/mol. The Labute approximate surface area is 196 Å². The van der Waals surface area contributed by atoms with Gasteiger partial charge in [0.25, 0.3) is 15.9 Å². The van der Waals surface area contributed by atoms with E-state index >= 15 is 0 Å². The Morgan fingerprint density at radius 2 is 1.91 bits per heavy atom. The fourth-order valence-corrected chi connectivity index (χ4v) is 4.58. The number of ether oxygens (including phenoxy) is 1. The fourth-order valence-electron chi connectivity index (χ4n) is 3.02. The van der Waals surface area contributed by atoms with Gasteiger partial charge in [-0.1, -0.05) is 35.8 Å². The van der Waals surface area contributed by atoms with E-state index in [-0.39, 0.29) is 33.4 Å². The molecule has 174 valence electrons. The van der Waals surface area contributed by atoms with Crippen LogP contribution in [0.5, 0.6) is 0 Å². The molecular formula is C22H22ClN3O6S. The highest BCUT2D eigenvalue weighted by atomic mass is 35.5. The lowest BCUT2D eigenvalue weighted by atomic mass is 10.1. The average molecular weight is 492 g/mol. The van der Waals surface area contributed by atoms with Crippen LogP contribution in [-0.2, 0) is 27.7 Å². The summed E-state index contributed by atoms with van der Waals surface area (Å²) in [6.45, 7) is 1.98. The lowest BCUT2D eigenvalue weighted by Crippen LogP contribution is -2.23. The fraction of sp³-hybridized carbons (Fsp3) is 0.227. The van der Waals surface area contributed by atoms with E-state index < -0.39 is 21.9 Å². The first-order chi connectivity index (χ1) is 15.7. The highest BCUT2D eigenvalue weighted by Crippen LogP contribution is 2.25. The predicted molar refractivity (Wildman–Crippen MR) is 122 cm³/mol. The molecule has 0 aliphatic rings. The van der Waals surface area contributed by atoms with Crippen LogP contribution in [0.4, 0.5) is 5.69 Å². The van der Waals surface area contributed by atoms with Crippen molar-refractivity contribution in [2.24, 2.45) is 0 Å². The number of benzene rings is 2. The molecule has 1 heterocycles. The van der Waals surface area contributed by atoms with Crippen molar-refractivity contribution >= 4 is 39.2 Å². The Bertz CT molecular complexity index is 1270. The Hall–Kier alpha value is -3.37. The van der Waals surface area contributed by atoms with Crippen molar-refractivity contribution in [3.63, 3.8) is 0 Å². The number of aryl methyl sites for hydroxylation is 1. The van der Waals surface area contributed by atoms with Crippen molar-refractivity contribution in [1.29, 1.82) is 0 Å². The maximum atomic E-state index is 12.8. The van der Waals surface area contributed by atoms with Gasteiger partial charge in [-0.25, -0.2) is 13.2 Å². The molecule has 0 radical (unpaired) electrons. The topological polar surface area (TPSA) is 128 Å². The number of amides is 1. The van der Waals surface area contributed by atoms with Gasteiger partial charge in [-0.05, 0) is 42.3 Å². The van der Waals surface area contributed by atoms with E-state index in [1.54, 1.807) is 18.2 Å². The summed E-state index contributed by atoms with van der Waals surface area (Å²) < 4.78 is 37.9. The molecule has 0 fully saturated rings. The summed E-state index contributed by atoms with van der Waals surface area (Å²) in [5.74, 6) is -0.531. The van der Waals surface area contributed by atoms with E-state index in [9.17, 15) is 18.0 Å². The number of aromatic nitrogens is 1. The maximum absolute atomic E-state index is 12.8. The lowest BCUT2D eigenvalue weighted by Gasteiger charge is -2.13. The van der Waals surface area contributed by atoms with Crippen LogP contribution in [0.1, 0.15) is 45.5 Å². The Morgan fingerprint density at radius 1 is 1.15 bits per heavy atom. The van der Waals surface area contributed by atoms with Crippen molar-refractivity contribution in [2.45, 2.75) is 31.2 Å². The monoisotopic (exact) mass is 491 g/mol. The van der Waals surface area contributed by atoms with Gasteiger partial charge >= 0.3 is 5.97 Å². The molecule has 33 heavy (non-hydrogen) atoms. The number of hydrogen-bond acceptors (Lipinski definition) is 7. The van der Waals surface area contributed by atoms with Crippen LogP contribution >= 0.6 is 11.6 Å². The number of carbonyl (C=O) groups excluding carboxylic acids is 2. The smallest absolute Gasteiger partial charge is 0.337 e. The van der Waals surface area contributed by atoms with Crippen LogP contribution in [0.15, 0.2) is 57.9 Å². The molecule has 0 aliphatic heterocycles. The van der Waals surface area contributed by atoms with Crippen molar-refractivity contribution in [3.05, 3.63) is 76.1 Å². The SMILES string of the molecule is CCCc1cc(C(=O)NCc2cc(NS(=O)(=O)c3ccccc3Cl)cc(C(=O)OC)c2)no1. The summed E-state index contributed by atoms with van der Waals surface area (Å²) in [6.07, 6.45) is 1.51. The van der Waals surface area contributed by atoms with Gasteiger partial charge in [-0.3, -0.25) is 9.52 Å². The van der Waals surface area contributed by atoms with Gasteiger partial charge in [-0.15, -0.1) is 0 Å². The molecule has 2 N–H and O–H groups in total. The molecule has 0 saturated heterocycles. The second-order valence-corrected chi connectivity index (χ2v) is 9.12. The summed E-state index contributed by atoms with van der Waals surface area (Å²) in [6, 6.07) is 11.9. The first kappa shape index (κ1) is 24.3. The number of nitrogens with one attached hydrogen (secondary N) is 2.